The van der Waals surface area contributed by atoms with E-state index in [2.05, 4.69) is 10.3 Å². The van der Waals surface area contributed by atoms with Crippen LogP contribution in [-0.4, -0.2) is 24.0 Å². The third-order valence-electron chi connectivity index (χ3n) is 4.73. The molecule has 0 radical (unpaired) electrons. The predicted octanol–water partition coefficient (Wildman–Crippen LogP) is 3.50. The number of oxazole rings is 1. The number of anilines is 1. The van der Waals surface area contributed by atoms with E-state index >= 15 is 0 Å². The molecule has 0 bridgehead atoms. The SMILES string of the molecule is O=C(NCc1ccc(F)cc1)C1CCCN(c2nc3ccccc3o2)C1. The average Bonchev–Trinajstić information content (AvgIpc) is 3.12. The molecule has 6 heteroatoms. The maximum atomic E-state index is 12.9. The molecule has 1 amide bonds. The third-order valence-corrected chi connectivity index (χ3v) is 4.73. The normalized spacial score (nSPS) is 17.4. The Labute approximate surface area is 150 Å². The number of halogens is 1. The van der Waals surface area contributed by atoms with E-state index in [1.165, 1.54) is 12.1 Å². The average molecular weight is 353 g/mol. The number of rotatable bonds is 4. The van der Waals surface area contributed by atoms with E-state index < -0.39 is 0 Å². The van der Waals surface area contributed by atoms with Crippen LogP contribution >= 0.6 is 0 Å². The fraction of sp³-hybridized carbons (Fsp3) is 0.300. The van der Waals surface area contributed by atoms with Crippen LogP contribution in [0.15, 0.2) is 52.9 Å². The fourth-order valence-corrected chi connectivity index (χ4v) is 3.30. The molecule has 2 heterocycles. The molecule has 3 aromatic rings. The van der Waals surface area contributed by atoms with E-state index in [-0.39, 0.29) is 17.6 Å². The molecule has 2 aromatic carbocycles. The van der Waals surface area contributed by atoms with Crippen molar-refractivity contribution < 1.29 is 13.6 Å². The number of hydrogen-bond donors (Lipinski definition) is 1. The second-order valence-corrected chi connectivity index (χ2v) is 6.59. The second kappa shape index (κ2) is 7.15. The Bertz CT molecular complexity index is 874. The molecule has 0 saturated carbocycles. The molecule has 1 fully saturated rings. The number of piperidine rings is 1. The monoisotopic (exact) mass is 353 g/mol. The minimum Gasteiger partial charge on any atom is -0.423 e. The molecular formula is C20H20FN3O2. The Morgan fingerprint density at radius 3 is 2.85 bits per heavy atom. The molecule has 1 N–H and O–H groups in total. The number of nitrogens with one attached hydrogen (secondary N) is 1. The van der Waals surface area contributed by atoms with E-state index in [0.717, 1.165) is 36.0 Å². The largest absolute Gasteiger partial charge is 0.423 e. The van der Waals surface area contributed by atoms with E-state index in [9.17, 15) is 9.18 Å². The van der Waals surface area contributed by atoms with Crippen LogP contribution in [0.3, 0.4) is 0 Å². The molecule has 0 spiro atoms. The van der Waals surface area contributed by atoms with Crippen LogP contribution in [0, 0.1) is 11.7 Å². The number of para-hydroxylation sites is 2. The summed E-state index contributed by atoms with van der Waals surface area (Å²) in [6, 6.07) is 14.4. The maximum absolute atomic E-state index is 12.9. The molecule has 1 atom stereocenters. The number of benzene rings is 2. The highest BCUT2D eigenvalue weighted by Gasteiger charge is 2.28. The first-order valence-corrected chi connectivity index (χ1v) is 8.82. The van der Waals surface area contributed by atoms with Crippen molar-refractivity contribution in [3.05, 3.63) is 59.9 Å². The lowest BCUT2D eigenvalue weighted by atomic mass is 9.97. The van der Waals surface area contributed by atoms with E-state index in [0.29, 0.717) is 19.1 Å². The first-order chi connectivity index (χ1) is 12.7. The summed E-state index contributed by atoms with van der Waals surface area (Å²) in [7, 11) is 0. The van der Waals surface area contributed by atoms with E-state index in [1.807, 2.05) is 29.2 Å². The summed E-state index contributed by atoms with van der Waals surface area (Å²) in [6.07, 6.45) is 1.75. The van der Waals surface area contributed by atoms with Gasteiger partial charge < -0.3 is 14.6 Å². The summed E-state index contributed by atoms with van der Waals surface area (Å²) in [4.78, 5) is 19.1. The maximum Gasteiger partial charge on any atom is 0.298 e. The lowest BCUT2D eigenvalue weighted by Crippen LogP contribution is -2.43. The van der Waals surface area contributed by atoms with Gasteiger partial charge in [0.2, 0.25) is 5.91 Å². The van der Waals surface area contributed by atoms with Crippen LogP contribution in [0.25, 0.3) is 11.1 Å². The van der Waals surface area contributed by atoms with Crippen molar-refractivity contribution in [2.75, 3.05) is 18.0 Å². The molecule has 5 nitrogen and oxygen atoms in total. The van der Waals surface area contributed by atoms with Gasteiger partial charge in [-0.05, 0) is 42.7 Å². The molecule has 26 heavy (non-hydrogen) atoms. The van der Waals surface area contributed by atoms with Crippen LogP contribution in [0.2, 0.25) is 0 Å². The molecule has 1 aromatic heterocycles. The standard InChI is InChI=1S/C20H20FN3O2/c21-16-9-7-14(8-10-16)12-22-19(25)15-4-3-11-24(13-15)20-23-17-5-1-2-6-18(17)26-20/h1-2,5-10,15H,3-4,11-13H2,(H,22,25). The van der Waals surface area contributed by atoms with Crippen LogP contribution in [0.1, 0.15) is 18.4 Å². The molecule has 1 saturated heterocycles. The van der Waals surface area contributed by atoms with E-state index in [1.54, 1.807) is 12.1 Å². The Morgan fingerprint density at radius 1 is 1.23 bits per heavy atom. The summed E-state index contributed by atoms with van der Waals surface area (Å²) >= 11 is 0. The van der Waals surface area contributed by atoms with Gasteiger partial charge in [-0.1, -0.05) is 24.3 Å². The predicted molar refractivity (Wildman–Crippen MR) is 97.2 cm³/mol. The topological polar surface area (TPSA) is 58.4 Å². The highest BCUT2D eigenvalue weighted by Crippen LogP contribution is 2.26. The molecule has 1 aliphatic heterocycles. The second-order valence-electron chi connectivity index (χ2n) is 6.59. The molecule has 4 rings (SSSR count). The van der Waals surface area contributed by atoms with E-state index in [4.69, 9.17) is 4.42 Å². The number of carbonyl (C=O) groups excluding carboxylic acids is 1. The number of carbonyl (C=O) groups is 1. The van der Waals surface area contributed by atoms with Crippen LogP contribution in [-0.2, 0) is 11.3 Å². The summed E-state index contributed by atoms with van der Waals surface area (Å²) in [5, 5.41) is 2.95. The minimum absolute atomic E-state index is 0.00939. The van der Waals surface area contributed by atoms with Gasteiger partial charge in [-0.3, -0.25) is 4.79 Å². The van der Waals surface area contributed by atoms with Crippen molar-refractivity contribution in [3.63, 3.8) is 0 Å². The third kappa shape index (κ3) is 3.54. The molecule has 0 aliphatic carbocycles. The number of fused-ring (bicyclic) bond motifs is 1. The zero-order valence-corrected chi connectivity index (χ0v) is 14.3. The quantitative estimate of drug-likeness (QED) is 0.780. The summed E-state index contributed by atoms with van der Waals surface area (Å²) in [5.74, 6) is -0.379. The van der Waals surface area contributed by atoms with Gasteiger partial charge >= 0.3 is 0 Å². The highest BCUT2D eigenvalue weighted by atomic mass is 19.1. The van der Waals surface area contributed by atoms with Gasteiger partial charge in [-0.2, -0.15) is 4.98 Å². The Balaban J connectivity index is 1.39. The van der Waals surface area contributed by atoms with Gasteiger partial charge in [0, 0.05) is 19.6 Å². The fourth-order valence-electron chi connectivity index (χ4n) is 3.30. The summed E-state index contributed by atoms with van der Waals surface area (Å²) < 4.78 is 18.8. The van der Waals surface area contributed by atoms with Crippen molar-refractivity contribution >= 4 is 23.0 Å². The van der Waals surface area contributed by atoms with Crippen molar-refractivity contribution in [2.45, 2.75) is 19.4 Å². The Kier molecular flexibility index (Phi) is 4.56. The first-order valence-electron chi connectivity index (χ1n) is 8.82. The summed E-state index contributed by atoms with van der Waals surface area (Å²) in [5.41, 5.74) is 2.46. The number of amides is 1. The molecule has 1 unspecified atom stereocenters. The number of hydrogen-bond acceptors (Lipinski definition) is 4. The van der Waals surface area contributed by atoms with Crippen LogP contribution in [0.4, 0.5) is 10.4 Å². The number of aromatic nitrogens is 1. The lowest BCUT2D eigenvalue weighted by molar-refractivity contribution is -0.125. The van der Waals surface area contributed by atoms with Crippen molar-refractivity contribution in [1.29, 1.82) is 0 Å². The molecule has 1 aliphatic rings. The Morgan fingerprint density at radius 2 is 2.04 bits per heavy atom. The zero-order chi connectivity index (χ0) is 17.9. The van der Waals surface area contributed by atoms with Crippen LogP contribution in [0.5, 0.6) is 0 Å². The van der Waals surface area contributed by atoms with Crippen molar-refractivity contribution in [1.82, 2.24) is 10.3 Å². The van der Waals surface area contributed by atoms with Crippen molar-refractivity contribution in [3.8, 4) is 0 Å². The number of nitrogens with zero attached hydrogens (tertiary/aromatic N) is 2. The van der Waals surface area contributed by atoms with Gasteiger partial charge in [-0.15, -0.1) is 0 Å². The minimum atomic E-state index is -0.277. The molecule has 134 valence electrons. The van der Waals surface area contributed by atoms with Crippen molar-refractivity contribution in [2.24, 2.45) is 5.92 Å². The summed E-state index contributed by atoms with van der Waals surface area (Å²) in [6.45, 7) is 1.81. The lowest BCUT2D eigenvalue weighted by Gasteiger charge is -2.30. The smallest absolute Gasteiger partial charge is 0.298 e. The highest BCUT2D eigenvalue weighted by molar-refractivity contribution is 5.79. The van der Waals surface area contributed by atoms with Gasteiger partial charge in [0.25, 0.3) is 6.01 Å². The Hall–Kier alpha value is -2.89. The van der Waals surface area contributed by atoms with Gasteiger partial charge in [0.15, 0.2) is 5.58 Å². The van der Waals surface area contributed by atoms with Gasteiger partial charge in [0.05, 0.1) is 5.92 Å². The molecular weight excluding hydrogens is 333 g/mol. The van der Waals surface area contributed by atoms with Crippen LogP contribution < -0.4 is 10.2 Å². The zero-order valence-electron chi connectivity index (χ0n) is 14.3. The van der Waals surface area contributed by atoms with Gasteiger partial charge in [0.1, 0.15) is 11.3 Å². The van der Waals surface area contributed by atoms with Gasteiger partial charge in [-0.25, -0.2) is 4.39 Å². The first kappa shape index (κ1) is 16.6.